The molecule has 4 rings (SSSR count). The number of aryl methyl sites for hydroxylation is 2. The standard InChI is InChI=1S/C24H29N9O2S/c1-16-14-17(2)28-21(27-16)30-23(33-12-10-32(11-13-33)22-25-8-5-9-26-22)31-24(36)29-19-7-6-18(34-3)15-20(19)35-4/h5-9,14-15H,10-13H2,1-4H3,(H2,27,28,29,30,31,36). The van der Waals surface area contributed by atoms with Crippen LogP contribution < -0.4 is 25.0 Å². The molecule has 1 aliphatic heterocycles. The number of hydrogen-bond donors (Lipinski definition) is 2. The van der Waals surface area contributed by atoms with Gasteiger partial charge in [-0.1, -0.05) is 0 Å². The first-order valence-corrected chi connectivity index (χ1v) is 11.8. The highest BCUT2D eigenvalue weighted by Gasteiger charge is 2.23. The van der Waals surface area contributed by atoms with Gasteiger partial charge in [0.2, 0.25) is 23.0 Å². The molecule has 0 atom stereocenters. The van der Waals surface area contributed by atoms with Gasteiger partial charge in [-0.05, 0) is 50.3 Å². The van der Waals surface area contributed by atoms with Gasteiger partial charge in [-0.3, -0.25) is 5.32 Å². The van der Waals surface area contributed by atoms with Gasteiger partial charge in [0.05, 0.1) is 19.9 Å². The fraction of sp³-hybridized carbons (Fsp3) is 0.333. The number of aliphatic imine (C=N–C) groups is 1. The Morgan fingerprint density at radius 2 is 1.64 bits per heavy atom. The van der Waals surface area contributed by atoms with Crippen LogP contribution in [0.5, 0.6) is 11.5 Å². The van der Waals surface area contributed by atoms with Crippen LogP contribution in [0, 0.1) is 13.8 Å². The molecule has 0 aliphatic carbocycles. The molecule has 0 radical (unpaired) electrons. The number of ether oxygens (including phenoxy) is 2. The van der Waals surface area contributed by atoms with Crippen LogP contribution in [0.25, 0.3) is 0 Å². The van der Waals surface area contributed by atoms with E-state index in [2.05, 4.69) is 40.4 Å². The van der Waals surface area contributed by atoms with Gasteiger partial charge in [0.25, 0.3) is 0 Å². The minimum absolute atomic E-state index is 0.263. The van der Waals surface area contributed by atoms with Crippen molar-refractivity contribution in [3.05, 3.63) is 54.1 Å². The van der Waals surface area contributed by atoms with Crippen molar-refractivity contribution < 1.29 is 9.47 Å². The number of aromatic nitrogens is 4. The molecule has 0 saturated carbocycles. The Hall–Kier alpha value is -4.06. The minimum atomic E-state index is 0.263. The fourth-order valence-electron chi connectivity index (χ4n) is 3.77. The number of nitrogens with one attached hydrogen (secondary N) is 2. The van der Waals surface area contributed by atoms with Crippen LogP contribution in [0.1, 0.15) is 11.4 Å². The molecule has 1 aliphatic rings. The van der Waals surface area contributed by atoms with Crippen LogP contribution >= 0.6 is 12.2 Å². The smallest absolute Gasteiger partial charge is 0.229 e. The zero-order chi connectivity index (χ0) is 25.5. The van der Waals surface area contributed by atoms with E-state index in [0.29, 0.717) is 48.1 Å². The number of anilines is 3. The second-order valence-electron chi connectivity index (χ2n) is 8.05. The van der Waals surface area contributed by atoms with E-state index in [1.807, 2.05) is 38.1 Å². The molecular formula is C24H29N9O2S. The summed E-state index contributed by atoms with van der Waals surface area (Å²) in [6, 6.07) is 9.16. The molecule has 2 aromatic heterocycles. The maximum absolute atomic E-state index is 5.59. The highest BCUT2D eigenvalue weighted by atomic mass is 32.1. The Morgan fingerprint density at radius 1 is 0.944 bits per heavy atom. The van der Waals surface area contributed by atoms with Gasteiger partial charge in [-0.15, -0.1) is 0 Å². The molecule has 1 fully saturated rings. The molecule has 188 valence electrons. The normalized spacial score (nSPS) is 13.8. The van der Waals surface area contributed by atoms with Crippen molar-refractivity contribution in [3.8, 4) is 11.5 Å². The number of hydrogen-bond acceptors (Lipinski definition) is 8. The number of thiocarbonyl (C=S) groups is 1. The number of guanidine groups is 1. The first-order valence-electron chi connectivity index (χ1n) is 11.4. The molecule has 11 nitrogen and oxygen atoms in total. The van der Waals surface area contributed by atoms with Crippen molar-refractivity contribution in [2.45, 2.75) is 13.8 Å². The average molecular weight is 508 g/mol. The Labute approximate surface area is 215 Å². The van der Waals surface area contributed by atoms with Gasteiger partial charge in [0, 0.05) is 56.0 Å². The van der Waals surface area contributed by atoms with Gasteiger partial charge in [0.15, 0.2) is 0 Å². The van der Waals surface area contributed by atoms with E-state index in [9.17, 15) is 0 Å². The van der Waals surface area contributed by atoms with Crippen molar-refractivity contribution in [1.29, 1.82) is 0 Å². The number of benzene rings is 1. The molecule has 1 saturated heterocycles. The molecule has 0 unspecified atom stereocenters. The molecule has 36 heavy (non-hydrogen) atoms. The van der Waals surface area contributed by atoms with Crippen LogP contribution in [-0.2, 0) is 0 Å². The predicted octanol–water partition coefficient (Wildman–Crippen LogP) is 2.89. The van der Waals surface area contributed by atoms with E-state index in [-0.39, 0.29) is 5.11 Å². The number of rotatable bonds is 5. The predicted molar refractivity (Wildman–Crippen MR) is 144 cm³/mol. The summed E-state index contributed by atoms with van der Waals surface area (Å²) in [5.41, 5.74) is 2.40. The highest BCUT2D eigenvalue weighted by molar-refractivity contribution is 7.80. The maximum Gasteiger partial charge on any atom is 0.229 e. The molecule has 2 N–H and O–H groups in total. The van der Waals surface area contributed by atoms with Crippen molar-refractivity contribution >= 4 is 40.9 Å². The Morgan fingerprint density at radius 3 is 2.28 bits per heavy atom. The van der Waals surface area contributed by atoms with Gasteiger partial charge < -0.3 is 24.6 Å². The minimum Gasteiger partial charge on any atom is -0.497 e. The summed E-state index contributed by atoms with van der Waals surface area (Å²) < 4.78 is 10.7. The van der Waals surface area contributed by atoms with E-state index in [1.165, 1.54) is 0 Å². The lowest BCUT2D eigenvalue weighted by molar-refractivity contribution is 0.382. The monoisotopic (exact) mass is 507 g/mol. The number of nitrogens with zero attached hydrogens (tertiary/aromatic N) is 7. The zero-order valence-electron chi connectivity index (χ0n) is 20.7. The van der Waals surface area contributed by atoms with Crippen molar-refractivity contribution in [3.63, 3.8) is 0 Å². The summed E-state index contributed by atoms with van der Waals surface area (Å²) >= 11 is 5.59. The Kier molecular flexibility index (Phi) is 8.06. The quantitative estimate of drug-likeness (QED) is 0.302. The summed E-state index contributed by atoms with van der Waals surface area (Å²) in [7, 11) is 3.19. The first kappa shape index (κ1) is 25.0. The van der Waals surface area contributed by atoms with E-state index < -0.39 is 0 Å². The van der Waals surface area contributed by atoms with Crippen LogP contribution in [0.2, 0.25) is 0 Å². The van der Waals surface area contributed by atoms with Gasteiger partial charge in [-0.25, -0.2) is 19.9 Å². The molecular weight excluding hydrogens is 478 g/mol. The SMILES string of the molecule is COc1ccc(NC(=S)/N=C(/Nc2nc(C)cc(C)n2)N2CCN(c3ncccn3)CC2)c(OC)c1. The summed E-state index contributed by atoms with van der Waals surface area (Å²) in [6.45, 7) is 6.68. The Balaban J connectivity index is 1.55. The lowest BCUT2D eigenvalue weighted by Gasteiger charge is -2.36. The summed E-state index contributed by atoms with van der Waals surface area (Å²) in [4.78, 5) is 26.7. The third-order valence-electron chi connectivity index (χ3n) is 5.48. The zero-order valence-corrected chi connectivity index (χ0v) is 21.5. The number of piperazine rings is 1. The van der Waals surface area contributed by atoms with Crippen molar-refractivity contribution in [2.24, 2.45) is 4.99 Å². The average Bonchev–Trinajstić information content (AvgIpc) is 2.88. The lowest BCUT2D eigenvalue weighted by Crippen LogP contribution is -2.51. The molecule has 3 aromatic rings. The maximum atomic E-state index is 5.59. The molecule has 3 heterocycles. The largest absolute Gasteiger partial charge is 0.497 e. The van der Waals surface area contributed by atoms with Crippen LogP contribution in [0.4, 0.5) is 17.6 Å². The second kappa shape index (κ2) is 11.6. The van der Waals surface area contributed by atoms with Crippen LogP contribution in [0.3, 0.4) is 0 Å². The summed E-state index contributed by atoms with van der Waals surface area (Å²) in [5, 5.41) is 6.69. The fourth-order valence-corrected chi connectivity index (χ4v) is 3.97. The van der Waals surface area contributed by atoms with Crippen LogP contribution in [-0.4, -0.2) is 76.3 Å². The summed E-state index contributed by atoms with van der Waals surface area (Å²) in [6.07, 6.45) is 3.50. The highest BCUT2D eigenvalue weighted by Crippen LogP contribution is 2.29. The molecule has 0 bridgehead atoms. The molecule has 1 aromatic carbocycles. The molecule has 0 amide bonds. The van der Waals surface area contributed by atoms with Crippen molar-refractivity contribution in [1.82, 2.24) is 24.8 Å². The van der Waals surface area contributed by atoms with Crippen molar-refractivity contribution in [2.75, 3.05) is 55.9 Å². The topological polar surface area (TPSA) is 113 Å². The van der Waals surface area contributed by atoms with Gasteiger partial charge >= 0.3 is 0 Å². The van der Waals surface area contributed by atoms with E-state index in [0.717, 1.165) is 24.5 Å². The van der Waals surface area contributed by atoms with E-state index >= 15 is 0 Å². The van der Waals surface area contributed by atoms with E-state index in [4.69, 9.17) is 26.7 Å². The third kappa shape index (κ3) is 6.33. The first-order chi connectivity index (χ1) is 17.4. The lowest BCUT2D eigenvalue weighted by atomic mass is 10.2. The molecule has 12 heteroatoms. The number of methoxy groups -OCH3 is 2. The summed E-state index contributed by atoms with van der Waals surface area (Å²) in [5.74, 6) is 3.01. The third-order valence-corrected chi connectivity index (χ3v) is 5.67. The van der Waals surface area contributed by atoms with Crippen LogP contribution in [0.15, 0.2) is 47.7 Å². The van der Waals surface area contributed by atoms with E-state index in [1.54, 1.807) is 32.7 Å². The van der Waals surface area contributed by atoms with Gasteiger partial charge in [-0.2, -0.15) is 4.99 Å². The molecule has 0 spiro atoms. The van der Waals surface area contributed by atoms with Gasteiger partial charge in [0.1, 0.15) is 11.5 Å². The second-order valence-corrected chi connectivity index (χ2v) is 8.44. The Bertz CT molecular complexity index is 1210.